The van der Waals surface area contributed by atoms with Crippen LogP contribution < -0.4 is 0 Å². The quantitative estimate of drug-likeness (QED) is 0.649. The summed E-state index contributed by atoms with van der Waals surface area (Å²) in [6.07, 6.45) is 12.6. The highest BCUT2D eigenvalue weighted by Gasteiger charge is 2.50. The van der Waals surface area contributed by atoms with E-state index in [0.29, 0.717) is 11.8 Å². The number of aliphatic hydroxyl groups is 1. The molecule has 0 aromatic heterocycles. The van der Waals surface area contributed by atoms with Gasteiger partial charge >= 0.3 is 0 Å². The maximum atomic E-state index is 10.2. The van der Waals surface area contributed by atoms with Crippen molar-refractivity contribution in [2.24, 2.45) is 29.6 Å². The Kier molecular flexibility index (Phi) is 2.88. The summed E-state index contributed by atoms with van der Waals surface area (Å²) >= 11 is 0. The Morgan fingerprint density at radius 1 is 0.895 bits per heavy atom. The van der Waals surface area contributed by atoms with E-state index in [9.17, 15) is 5.11 Å². The van der Waals surface area contributed by atoms with Crippen LogP contribution in [0.5, 0.6) is 0 Å². The van der Waals surface area contributed by atoms with Gasteiger partial charge in [-0.05, 0) is 75.0 Å². The molecule has 4 rings (SSSR count). The van der Waals surface area contributed by atoms with Crippen molar-refractivity contribution in [2.75, 3.05) is 0 Å². The van der Waals surface area contributed by atoms with Gasteiger partial charge in [-0.1, -0.05) is 23.8 Å². The molecule has 0 bridgehead atoms. The van der Waals surface area contributed by atoms with E-state index in [-0.39, 0.29) is 6.10 Å². The van der Waals surface area contributed by atoms with Crippen LogP contribution in [0.1, 0.15) is 51.4 Å². The molecule has 1 N–H and O–H groups in total. The first kappa shape index (κ1) is 12.2. The molecule has 6 atom stereocenters. The summed E-state index contributed by atoms with van der Waals surface area (Å²) in [5, 5.41) is 10.2. The van der Waals surface area contributed by atoms with Gasteiger partial charge in [-0.3, -0.25) is 0 Å². The monoisotopic (exact) mass is 258 g/mol. The lowest BCUT2D eigenvalue weighted by molar-refractivity contribution is 0.0191. The number of fused-ring (bicyclic) bond motifs is 5. The molecule has 4 aliphatic rings. The summed E-state index contributed by atoms with van der Waals surface area (Å²) in [6.45, 7) is 4.40. The van der Waals surface area contributed by atoms with E-state index in [0.717, 1.165) is 24.2 Å². The highest BCUT2D eigenvalue weighted by molar-refractivity contribution is 5.28. The zero-order chi connectivity index (χ0) is 13.0. The lowest BCUT2D eigenvalue weighted by Gasteiger charge is -2.50. The Hall–Kier alpha value is -0.560. The van der Waals surface area contributed by atoms with Crippen molar-refractivity contribution < 1.29 is 5.11 Å². The Morgan fingerprint density at radius 2 is 1.63 bits per heavy atom. The summed E-state index contributed by atoms with van der Waals surface area (Å²) < 4.78 is 0. The van der Waals surface area contributed by atoms with E-state index in [1.807, 2.05) is 0 Å². The van der Waals surface area contributed by atoms with E-state index in [1.165, 1.54) is 50.5 Å². The fraction of sp³-hybridized carbons (Fsp3) is 0.778. The molecule has 1 heteroatoms. The van der Waals surface area contributed by atoms with Crippen molar-refractivity contribution in [1.82, 2.24) is 0 Å². The lowest BCUT2D eigenvalue weighted by atomic mass is 9.55. The minimum atomic E-state index is 0.0115. The summed E-state index contributed by atoms with van der Waals surface area (Å²) in [5.74, 6) is 3.91. The second-order valence-corrected chi connectivity index (χ2v) is 7.37. The van der Waals surface area contributed by atoms with Crippen molar-refractivity contribution in [1.29, 1.82) is 0 Å². The van der Waals surface area contributed by atoms with Gasteiger partial charge in [0.15, 0.2) is 0 Å². The van der Waals surface area contributed by atoms with E-state index >= 15 is 0 Å². The topological polar surface area (TPSA) is 20.2 Å². The van der Waals surface area contributed by atoms with Gasteiger partial charge in [0.1, 0.15) is 0 Å². The first-order valence-corrected chi connectivity index (χ1v) is 8.30. The lowest BCUT2D eigenvalue weighted by Crippen LogP contribution is -2.42. The van der Waals surface area contributed by atoms with E-state index in [4.69, 9.17) is 0 Å². The molecule has 0 spiro atoms. The average Bonchev–Trinajstić information content (AvgIpc) is 2.80. The van der Waals surface area contributed by atoms with E-state index in [2.05, 4.69) is 12.7 Å². The molecule has 3 fully saturated rings. The second kappa shape index (κ2) is 4.48. The van der Waals surface area contributed by atoms with Crippen LogP contribution in [0.4, 0.5) is 0 Å². The maximum absolute atomic E-state index is 10.2. The van der Waals surface area contributed by atoms with Gasteiger partial charge in [0, 0.05) is 5.92 Å². The average molecular weight is 258 g/mol. The molecule has 0 unspecified atom stereocenters. The molecule has 104 valence electrons. The van der Waals surface area contributed by atoms with Crippen molar-refractivity contribution >= 4 is 0 Å². The van der Waals surface area contributed by atoms with Crippen molar-refractivity contribution in [2.45, 2.75) is 57.5 Å². The summed E-state index contributed by atoms with van der Waals surface area (Å²) in [4.78, 5) is 0. The zero-order valence-corrected chi connectivity index (χ0v) is 11.9. The number of aliphatic hydroxyl groups excluding tert-OH is 1. The van der Waals surface area contributed by atoms with E-state index < -0.39 is 0 Å². The molecular weight excluding hydrogens is 232 g/mol. The standard InChI is InChI=1S/C18H26O/c1-11-3-2-4-12-5-6-14-13-9-10-17(19)15(13)7-8-16(14)18(11)12/h4,13-19H,1-3,5-10H2/t13-,14-,15-,16-,17-,18-/m0/s1. The highest BCUT2D eigenvalue weighted by atomic mass is 16.3. The normalized spacial score (nSPS) is 49.1. The maximum Gasteiger partial charge on any atom is 0.0571 e. The minimum Gasteiger partial charge on any atom is -0.393 e. The minimum absolute atomic E-state index is 0.0115. The molecule has 0 radical (unpaired) electrons. The van der Waals surface area contributed by atoms with Crippen LogP contribution in [-0.4, -0.2) is 11.2 Å². The van der Waals surface area contributed by atoms with Crippen LogP contribution in [0.2, 0.25) is 0 Å². The fourth-order valence-electron chi connectivity index (χ4n) is 5.93. The predicted octanol–water partition coefficient (Wildman–Crippen LogP) is 4.09. The van der Waals surface area contributed by atoms with Crippen molar-refractivity contribution in [3.05, 3.63) is 23.8 Å². The van der Waals surface area contributed by atoms with Gasteiger partial charge in [0.25, 0.3) is 0 Å². The summed E-state index contributed by atoms with van der Waals surface area (Å²) in [7, 11) is 0. The number of rotatable bonds is 0. The third kappa shape index (κ3) is 1.77. The summed E-state index contributed by atoms with van der Waals surface area (Å²) in [6, 6.07) is 0. The molecular formula is C18H26O. The Morgan fingerprint density at radius 3 is 2.53 bits per heavy atom. The largest absolute Gasteiger partial charge is 0.393 e. The zero-order valence-electron chi connectivity index (χ0n) is 11.9. The van der Waals surface area contributed by atoms with Gasteiger partial charge in [0.05, 0.1) is 6.10 Å². The first-order valence-electron chi connectivity index (χ1n) is 8.30. The smallest absolute Gasteiger partial charge is 0.0571 e. The third-order valence-corrected chi connectivity index (χ3v) is 6.68. The van der Waals surface area contributed by atoms with E-state index in [1.54, 1.807) is 5.57 Å². The molecule has 19 heavy (non-hydrogen) atoms. The Labute approximate surface area is 116 Å². The van der Waals surface area contributed by atoms with Gasteiger partial charge in [-0.15, -0.1) is 0 Å². The molecule has 0 aromatic carbocycles. The highest BCUT2D eigenvalue weighted by Crippen LogP contribution is 2.57. The van der Waals surface area contributed by atoms with Gasteiger partial charge in [-0.2, -0.15) is 0 Å². The third-order valence-electron chi connectivity index (χ3n) is 6.68. The molecule has 0 aliphatic heterocycles. The molecule has 0 amide bonds. The summed E-state index contributed by atoms with van der Waals surface area (Å²) in [5.41, 5.74) is 3.23. The number of hydrogen-bond donors (Lipinski definition) is 1. The van der Waals surface area contributed by atoms with Gasteiger partial charge in [0.2, 0.25) is 0 Å². The van der Waals surface area contributed by atoms with Crippen molar-refractivity contribution in [3.63, 3.8) is 0 Å². The van der Waals surface area contributed by atoms with Crippen LogP contribution >= 0.6 is 0 Å². The SMILES string of the molecule is C=C1CCC=C2CC[C@H]3[C@@H]4CC[C@H](O)[C@H]4CC[C@@H]3[C@@H]12. The second-order valence-electron chi connectivity index (χ2n) is 7.37. The Balaban J connectivity index is 1.63. The molecule has 0 saturated heterocycles. The van der Waals surface area contributed by atoms with Gasteiger partial charge < -0.3 is 5.11 Å². The van der Waals surface area contributed by atoms with Crippen LogP contribution in [0.15, 0.2) is 23.8 Å². The van der Waals surface area contributed by atoms with Crippen LogP contribution in [0.3, 0.4) is 0 Å². The fourth-order valence-corrected chi connectivity index (χ4v) is 5.93. The van der Waals surface area contributed by atoms with Crippen LogP contribution in [-0.2, 0) is 0 Å². The Bertz CT molecular complexity index is 421. The molecule has 1 nitrogen and oxygen atoms in total. The molecule has 3 saturated carbocycles. The van der Waals surface area contributed by atoms with Crippen molar-refractivity contribution in [3.8, 4) is 0 Å². The molecule has 4 aliphatic carbocycles. The predicted molar refractivity (Wildman–Crippen MR) is 77.6 cm³/mol. The number of hydrogen-bond acceptors (Lipinski definition) is 1. The van der Waals surface area contributed by atoms with Gasteiger partial charge in [-0.25, -0.2) is 0 Å². The first-order chi connectivity index (χ1) is 9.25. The molecule has 0 heterocycles. The van der Waals surface area contributed by atoms with Crippen LogP contribution in [0, 0.1) is 29.6 Å². The molecule has 0 aromatic rings. The van der Waals surface area contributed by atoms with Crippen LogP contribution in [0.25, 0.3) is 0 Å². The number of allylic oxidation sites excluding steroid dienone is 3.